The van der Waals surface area contributed by atoms with E-state index in [9.17, 15) is 18.0 Å². The molecular formula is C20H12Cl3F3N2O2. The first-order valence-corrected chi connectivity index (χ1v) is 9.56. The monoisotopic (exact) mass is 474 g/mol. The van der Waals surface area contributed by atoms with Gasteiger partial charge >= 0.3 is 5.97 Å². The molecule has 2 aromatic rings. The van der Waals surface area contributed by atoms with Crippen molar-refractivity contribution in [2.45, 2.75) is 11.8 Å². The van der Waals surface area contributed by atoms with Crippen LogP contribution in [-0.2, 0) is 14.9 Å². The van der Waals surface area contributed by atoms with Crippen molar-refractivity contribution in [1.82, 2.24) is 0 Å². The summed E-state index contributed by atoms with van der Waals surface area (Å²) in [6.07, 6.45) is -3.08. The molecule has 0 spiro atoms. The van der Waals surface area contributed by atoms with Crippen molar-refractivity contribution in [3.8, 4) is 6.07 Å². The van der Waals surface area contributed by atoms with Crippen LogP contribution in [-0.4, -0.2) is 31.8 Å². The number of hydrogen-bond donors (Lipinski definition) is 0. The van der Waals surface area contributed by atoms with Crippen LogP contribution in [0.25, 0.3) is 0 Å². The normalized spacial score (nSPS) is 20.8. The summed E-state index contributed by atoms with van der Waals surface area (Å²) < 4.78 is 47.7. The highest BCUT2D eigenvalue weighted by molar-refractivity contribution is 6.48. The molecule has 2 unspecified atom stereocenters. The molecule has 30 heavy (non-hydrogen) atoms. The van der Waals surface area contributed by atoms with E-state index in [1.807, 2.05) is 0 Å². The Labute approximate surface area is 184 Å². The van der Waals surface area contributed by atoms with Crippen molar-refractivity contribution < 1.29 is 22.7 Å². The van der Waals surface area contributed by atoms with Gasteiger partial charge in [-0.2, -0.15) is 5.26 Å². The quantitative estimate of drug-likeness (QED) is 0.436. The topological polar surface area (TPSA) is 62.5 Å². The minimum absolute atomic E-state index is 0.0162. The Morgan fingerprint density at radius 1 is 1.27 bits per heavy atom. The molecule has 3 rings (SSSR count). The molecule has 1 heterocycles. The molecule has 4 nitrogen and oxygen atoms in total. The zero-order valence-electron chi connectivity index (χ0n) is 15.2. The fourth-order valence-corrected chi connectivity index (χ4v) is 4.11. The van der Waals surface area contributed by atoms with E-state index in [0.717, 1.165) is 19.2 Å². The molecule has 2 aromatic carbocycles. The van der Waals surface area contributed by atoms with E-state index in [4.69, 9.17) is 44.8 Å². The Hall–Kier alpha value is -2.27. The molecule has 0 saturated carbocycles. The number of carbonyl (C=O) groups is 1. The SMILES string of the molecule is COC(=O)C1C(c2ccc(F)c(C#N)c2)=NCC1(c1cc(Cl)c(Cl)c(Cl)c1)C(F)F. The van der Waals surface area contributed by atoms with E-state index in [0.29, 0.717) is 0 Å². The summed E-state index contributed by atoms with van der Waals surface area (Å²) >= 11 is 18.0. The van der Waals surface area contributed by atoms with Crippen LogP contribution >= 0.6 is 34.8 Å². The Morgan fingerprint density at radius 2 is 1.90 bits per heavy atom. The van der Waals surface area contributed by atoms with Gasteiger partial charge in [-0.25, -0.2) is 13.2 Å². The van der Waals surface area contributed by atoms with Gasteiger partial charge in [-0.15, -0.1) is 0 Å². The highest BCUT2D eigenvalue weighted by Gasteiger charge is 2.58. The van der Waals surface area contributed by atoms with Crippen LogP contribution in [0.1, 0.15) is 16.7 Å². The lowest BCUT2D eigenvalue weighted by atomic mass is 9.69. The number of ether oxygens (including phenoxy) is 1. The van der Waals surface area contributed by atoms with E-state index in [1.54, 1.807) is 6.07 Å². The first-order valence-electron chi connectivity index (χ1n) is 8.42. The summed E-state index contributed by atoms with van der Waals surface area (Å²) in [5.41, 5.74) is -2.42. The lowest BCUT2D eigenvalue weighted by Crippen LogP contribution is -2.48. The maximum atomic E-state index is 14.6. The van der Waals surface area contributed by atoms with Gasteiger partial charge in [0.05, 0.1) is 45.4 Å². The second-order valence-corrected chi connectivity index (χ2v) is 7.75. The number of carbonyl (C=O) groups excluding carboxylic acids is 1. The van der Waals surface area contributed by atoms with E-state index >= 15 is 0 Å². The summed E-state index contributed by atoms with van der Waals surface area (Å²) in [5.74, 6) is -3.32. The number of esters is 1. The van der Waals surface area contributed by atoms with Gasteiger partial charge in [-0.05, 0) is 35.4 Å². The molecule has 1 aliphatic heterocycles. The summed E-state index contributed by atoms with van der Waals surface area (Å²) in [7, 11) is 1.06. The van der Waals surface area contributed by atoms with Gasteiger partial charge in [-0.3, -0.25) is 9.79 Å². The highest BCUT2D eigenvalue weighted by Crippen LogP contribution is 2.47. The summed E-state index contributed by atoms with van der Waals surface area (Å²) in [4.78, 5) is 16.9. The number of hydrogen-bond acceptors (Lipinski definition) is 4. The average Bonchev–Trinajstić information content (AvgIpc) is 3.13. The number of methoxy groups -OCH3 is 1. The van der Waals surface area contributed by atoms with Crippen LogP contribution < -0.4 is 0 Å². The van der Waals surface area contributed by atoms with Crippen LogP contribution in [0.4, 0.5) is 13.2 Å². The second kappa shape index (κ2) is 8.46. The standard InChI is InChI=1S/C20H12Cl3F3N2O2/c1-30-18(29)15-17(9-2-3-14(24)10(4-9)7-27)28-8-20(15,19(25)26)11-5-12(21)16(23)13(22)6-11/h2-6,15,19H,8H2,1H3. The molecular weight excluding hydrogens is 464 g/mol. The van der Waals surface area contributed by atoms with Crippen LogP contribution in [0.5, 0.6) is 0 Å². The second-order valence-electron chi connectivity index (χ2n) is 6.56. The summed E-state index contributed by atoms with van der Waals surface area (Å²) in [6.45, 7) is -0.493. The van der Waals surface area contributed by atoms with Crippen molar-refractivity contribution in [3.05, 3.63) is 67.9 Å². The molecule has 156 valence electrons. The third kappa shape index (κ3) is 3.53. The molecule has 10 heteroatoms. The van der Waals surface area contributed by atoms with E-state index < -0.39 is 36.1 Å². The molecule has 0 fully saturated rings. The van der Waals surface area contributed by atoms with Crippen LogP contribution in [0.15, 0.2) is 35.3 Å². The predicted octanol–water partition coefficient (Wildman–Crippen LogP) is 5.45. The molecule has 0 aliphatic carbocycles. The molecule has 0 radical (unpaired) electrons. The van der Waals surface area contributed by atoms with Crippen molar-refractivity contribution >= 4 is 46.5 Å². The lowest BCUT2D eigenvalue weighted by Gasteiger charge is -2.34. The van der Waals surface area contributed by atoms with Crippen LogP contribution in [0.3, 0.4) is 0 Å². The zero-order valence-corrected chi connectivity index (χ0v) is 17.5. The minimum Gasteiger partial charge on any atom is -0.468 e. The highest BCUT2D eigenvalue weighted by atomic mass is 35.5. The maximum Gasteiger partial charge on any atom is 0.315 e. The van der Waals surface area contributed by atoms with Crippen molar-refractivity contribution in [1.29, 1.82) is 5.26 Å². The van der Waals surface area contributed by atoms with Gasteiger partial charge in [0.25, 0.3) is 6.43 Å². The van der Waals surface area contributed by atoms with E-state index in [1.165, 1.54) is 18.2 Å². The average molecular weight is 476 g/mol. The Balaban J connectivity index is 2.23. The first-order chi connectivity index (χ1) is 14.2. The van der Waals surface area contributed by atoms with Gasteiger partial charge in [0.1, 0.15) is 17.8 Å². The third-order valence-electron chi connectivity index (χ3n) is 5.03. The van der Waals surface area contributed by atoms with Gasteiger partial charge in [0.15, 0.2) is 0 Å². The first kappa shape index (κ1) is 22.4. The van der Waals surface area contributed by atoms with Crippen LogP contribution in [0, 0.1) is 23.1 Å². The molecule has 0 bridgehead atoms. The summed E-state index contributed by atoms with van der Waals surface area (Å²) in [6, 6.07) is 7.50. The van der Waals surface area contributed by atoms with Gasteiger partial charge in [0.2, 0.25) is 0 Å². The number of halogens is 6. The van der Waals surface area contributed by atoms with Crippen molar-refractivity contribution in [2.24, 2.45) is 10.9 Å². The zero-order chi connectivity index (χ0) is 22.2. The fourth-order valence-electron chi connectivity index (χ4n) is 3.51. The largest absolute Gasteiger partial charge is 0.468 e. The number of nitriles is 1. The number of alkyl halides is 2. The number of nitrogens with zero attached hydrogens (tertiary/aromatic N) is 2. The smallest absolute Gasteiger partial charge is 0.315 e. The Kier molecular flexibility index (Phi) is 6.32. The number of aliphatic imine (C=N–C) groups is 1. The molecule has 0 aromatic heterocycles. The molecule has 0 amide bonds. The van der Waals surface area contributed by atoms with Gasteiger partial charge < -0.3 is 4.74 Å². The Morgan fingerprint density at radius 3 is 2.43 bits per heavy atom. The van der Waals surface area contributed by atoms with Gasteiger partial charge in [0, 0.05) is 0 Å². The molecule has 0 N–H and O–H groups in total. The molecule has 1 aliphatic rings. The van der Waals surface area contributed by atoms with E-state index in [2.05, 4.69) is 4.99 Å². The lowest BCUT2D eigenvalue weighted by molar-refractivity contribution is -0.147. The fraction of sp³-hybridized carbons (Fsp3) is 0.250. The maximum absolute atomic E-state index is 14.6. The third-order valence-corrected chi connectivity index (χ3v) is 6.23. The Bertz CT molecular complexity index is 1080. The van der Waals surface area contributed by atoms with Gasteiger partial charge in [-0.1, -0.05) is 40.9 Å². The number of benzene rings is 2. The molecule has 0 saturated heterocycles. The van der Waals surface area contributed by atoms with Crippen molar-refractivity contribution in [2.75, 3.05) is 13.7 Å². The summed E-state index contributed by atoms with van der Waals surface area (Å²) in [5, 5.41) is 8.93. The predicted molar refractivity (Wildman–Crippen MR) is 107 cm³/mol. The van der Waals surface area contributed by atoms with E-state index in [-0.39, 0.29) is 37.5 Å². The number of rotatable bonds is 4. The molecule has 2 atom stereocenters. The van der Waals surface area contributed by atoms with Crippen molar-refractivity contribution in [3.63, 3.8) is 0 Å². The van der Waals surface area contributed by atoms with Crippen LogP contribution in [0.2, 0.25) is 15.1 Å². The minimum atomic E-state index is -3.08.